The summed E-state index contributed by atoms with van der Waals surface area (Å²) in [5.74, 6) is -5.92. The molecule has 0 radical (unpaired) electrons. The average Bonchev–Trinajstić information content (AvgIpc) is 3.11. The van der Waals surface area contributed by atoms with Crippen molar-refractivity contribution in [2.24, 2.45) is 11.1 Å². The van der Waals surface area contributed by atoms with Crippen molar-refractivity contribution < 1.29 is 52.6 Å². The van der Waals surface area contributed by atoms with E-state index in [9.17, 15) is 28.0 Å². The van der Waals surface area contributed by atoms with Gasteiger partial charge in [-0.25, -0.2) is 24.5 Å². The van der Waals surface area contributed by atoms with Crippen LogP contribution >= 0.6 is 11.3 Å². The molecule has 32 heavy (non-hydrogen) atoms. The number of aliphatic carboxylic acids is 2. The topological polar surface area (TPSA) is 191 Å². The molecule has 1 aromatic heterocycles. The third-order valence-corrected chi connectivity index (χ3v) is 4.94. The second kappa shape index (κ2) is 9.92. The number of halogens is 2. The molecule has 2 atom stereocenters. The van der Waals surface area contributed by atoms with Gasteiger partial charge >= 0.3 is 18.6 Å². The molecular formula is C16H18F2N4O9S. The number of Topliss-reactive ketones (excluding diaryl/α,β-unsaturated/α-hetero) is 1. The second-order valence-electron chi connectivity index (χ2n) is 6.82. The molecule has 2 rings (SSSR count). The third-order valence-electron chi connectivity index (χ3n) is 4.27. The number of carboxylic acids is 2. The number of ether oxygens (including phenoxy) is 1. The summed E-state index contributed by atoms with van der Waals surface area (Å²) < 4.78 is 28.6. The van der Waals surface area contributed by atoms with Gasteiger partial charge in [0.05, 0.1) is 11.5 Å². The van der Waals surface area contributed by atoms with Crippen LogP contribution in [0, 0.1) is 5.92 Å². The van der Waals surface area contributed by atoms with Crippen molar-refractivity contribution in [2.75, 3.05) is 12.3 Å². The van der Waals surface area contributed by atoms with E-state index in [0.29, 0.717) is 5.06 Å². The fourth-order valence-corrected chi connectivity index (χ4v) is 3.26. The number of carbonyl (C=O) groups excluding carboxylic acids is 2. The highest BCUT2D eigenvalue weighted by Crippen LogP contribution is 2.41. The molecule has 1 aliphatic heterocycles. The van der Waals surface area contributed by atoms with Crippen molar-refractivity contribution in [2.45, 2.75) is 38.7 Å². The normalized spacial score (nSPS) is 18.9. The molecule has 1 fully saturated rings. The van der Waals surface area contributed by atoms with Crippen LogP contribution in [0.3, 0.4) is 0 Å². The van der Waals surface area contributed by atoms with Gasteiger partial charge < -0.3 is 20.8 Å². The Balaban J connectivity index is 2.15. The monoisotopic (exact) mass is 480 g/mol. The Kier molecular flexibility index (Phi) is 7.76. The van der Waals surface area contributed by atoms with Crippen LogP contribution < -0.4 is 5.73 Å². The SMILES string of the molecule is CC1(C)[C@H](CC(=O)/C(=N\OCC(=O)O)c2csc(N)n2)C(=O)N1OC(OC(F)F)C(=O)O. The molecule has 13 nitrogen and oxygen atoms in total. The zero-order valence-electron chi connectivity index (χ0n) is 16.6. The Hall–Kier alpha value is -3.24. The zero-order chi connectivity index (χ0) is 24.2. The summed E-state index contributed by atoms with van der Waals surface area (Å²) >= 11 is 0.979. The summed E-state index contributed by atoms with van der Waals surface area (Å²) in [4.78, 5) is 60.1. The van der Waals surface area contributed by atoms with Crippen molar-refractivity contribution in [3.05, 3.63) is 11.1 Å². The number of alkyl halides is 2. The number of thiazole rings is 1. The van der Waals surface area contributed by atoms with E-state index < -0.39 is 61.0 Å². The largest absolute Gasteiger partial charge is 0.479 e. The van der Waals surface area contributed by atoms with E-state index >= 15 is 0 Å². The van der Waals surface area contributed by atoms with Crippen LogP contribution in [0.25, 0.3) is 0 Å². The van der Waals surface area contributed by atoms with Gasteiger partial charge in [-0.3, -0.25) is 14.3 Å². The van der Waals surface area contributed by atoms with Crippen LogP contribution in [-0.2, 0) is 33.6 Å². The number of β-lactam (4-membered cyclic amide) rings is 1. The number of carbonyl (C=O) groups is 4. The number of anilines is 1. The average molecular weight is 480 g/mol. The summed E-state index contributed by atoms with van der Waals surface area (Å²) in [6.07, 6.45) is -2.93. The molecule has 2 heterocycles. The number of aromatic nitrogens is 1. The molecule has 0 spiro atoms. The van der Waals surface area contributed by atoms with Crippen molar-refractivity contribution in [1.29, 1.82) is 0 Å². The third kappa shape index (κ3) is 5.71. The lowest BCUT2D eigenvalue weighted by molar-refractivity contribution is -0.349. The number of ketones is 1. The fourth-order valence-electron chi connectivity index (χ4n) is 2.72. The molecule has 0 aliphatic carbocycles. The molecule has 16 heteroatoms. The fraction of sp³-hybridized carbons (Fsp3) is 0.500. The highest BCUT2D eigenvalue weighted by molar-refractivity contribution is 7.13. The molecule has 1 amide bonds. The van der Waals surface area contributed by atoms with Crippen molar-refractivity contribution in [1.82, 2.24) is 10.0 Å². The van der Waals surface area contributed by atoms with Gasteiger partial charge in [0.2, 0.25) is 6.61 Å². The number of nitrogens with two attached hydrogens (primary N) is 1. The van der Waals surface area contributed by atoms with Gasteiger partial charge in [0, 0.05) is 11.8 Å². The first-order chi connectivity index (χ1) is 14.8. The Bertz CT molecular complexity index is 936. The summed E-state index contributed by atoms with van der Waals surface area (Å²) in [5, 5.41) is 23.1. The highest BCUT2D eigenvalue weighted by Gasteiger charge is 2.57. The predicted octanol–water partition coefficient (Wildman–Crippen LogP) is 0.308. The number of oxime groups is 1. The number of rotatable bonds is 12. The molecule has 1 aromatic rings. The maximum Gasteiger partial charge on any atom is 0.363 e. The summed E-state index contributed by atoms with van der Waals surface area (Å²) in [6.45, 7) is -1.49. The standard InChI is InChI=1S/C16H18F2N4O9S/c1-16(2)6(11(26)22(16)31-13(12(27)28)30-14(17)18)3-8(23)10(21-29-4-9(24)25)7-5-32-15(19)20-7/h5-6,13-14H,3-4H2,1-2H3,(H2,19,20)(H,24,25)(H,27,28)/b21-10-/t6-,13?/m1/s1. The minimum atomic E-state index is -3.47. The molecule has 0 bridgehead atoms. The van der Waals surface area contributed by atoms with Crippen molar-refractivity contribution in [3.63, 3.8) is 0 Å². The van der Waals surface area contributed by atoms with E-state index in [1.165, 1.54) is 19.2 Å². The first kappa shape index (κ1) is 25.0. The van der Waals surface area contributed by atoms with E-state index in [1.54, 1.807) is 0 Å². The van der Waals surface area contributed by atoms with Gasteiger partial charge in [-0.1, -0.05) is 5.16 Å². The van der Waals surface area contributed by atoms with Crippen LogP contribution in [0.1, 0.15) is 26.0 Å². The number of hydrogen-bond donors (Lipinski definition) is 3. The van der Waals surface area contributed by atoms with E-state index in [0.717, 1.165) is 11.3 Å². The molecule has 0 aromatic carbocycles. The molecule has 1 saturated heterocycles. The van der Waals surface area contributed by atoms with Crippen molar-refractivity contribution in [3.8, 4) is 0 Å². The summed E-state index contributed by atoms with van der Waals surface area (Å²) in [6, 6.07) is 0. The number of nitrogen functional groups attached to an aromatic ring is 1. The minimum absolute atomic E-state index is 0.00292. The van der Waals surface area contributed by atoms with Gasteiger partial charge in [-0.05, 0) is 13.8 Å². The molecular weight excluding hydrogens is 462 g/mol. The number of hydrogen-bond acceptors (Lipinski definition) is 11. The van der Waals surface area contributed by atoms with E-state index in [-0.39, 0.29) is 16.5 Å². The number of carboxylic acid groups (broad SMARTS) is 2. The lowest BCUT2D eigenvalue weighted by atomic mass is 9.74. The summed E-state index contributed by atoms with van der Waals surface area (Å²) in [7, 11) is 0. The van der Waals surface area contributed by atoms with E-state index in [2.05, 4.69) is 19.7 Å². The number of amides is 1. The van der Waals surface area contributed by atoms with Crippen LogP contribution in [0.2, 0.25) is 0 Å². The molecule has 1 unspecified atom stereocenters. The maximum absolute atomic E-state index is 12.8. The van der Waals surface area contributed by atoms with Crippen LogP contribution in [0.4, 0.5) is 13.9 Å². The Morgan fingerprint density at radius 1 is 1.38 bits per heavy atom. The molecule has 0 saturated carbocycles. The van der Waals surface area contributed by atoms with Crippen molar-refractivity contribution >= 4 is 45.8 Å². The van der Waals surface area contributed by atoms with Crippen LogP contribution in [-0.4, -0.2) is 74.6 Å². The van der Waals surface area contributed by atoms with Gasteiger partial charge in [-0.2, -0.15) is 8.78 Å². The molecule has 4 N–H and O–H groups in total. The lowest BCUT2D eigenvalue weighted by Crippen LogP contribution is -2.69. The Morgan fingerprint density at radius 3 is 2.50 bits per heavy atom. The number of hydroxylamine groups is 2. The highest BCUT2D eigenvalue weighted by atomic mass is 32.1. The molecule has 1 aliphatic rings. The Labute approximate surface area is 182 Å². The number of nitrogens with zero attached hydrogens (tertiary/aromatic N) is 3. The lowest BCUT2D eigenvalue weighted by Gasteiger charge is -2.52. The second-order valence-corrected chi connectivity index (χ2v) is 7.71. The summed E-state index contributed by atoms with van der Waals surface area (Å²) in [5.41, 5.74) is 3.86. The Morgan fingerprint density at radius 2 is 2.03 bits per heavy atom. The zero-order valence-corrected chi connectivity index (χ0v) is 17.4. The quantitative estimate of drug-likeness (QED) is 0.161. The van der Waals surface area contributed by atoms with Gasteiger partial charge in [0.1, 0.15) is 5.69 Å². The van der Waals surface area contributed by atoms with Gasteiger partial charge in [0.15, 0.2) is 16.6 Å². The van der Waals surface area contributed by atoms with Gasteiger partial charge in [0.25, 0.3) is 12.2 Å². The van der Waals surface area contributed by atoms with Gasteiger partial charge in [-0.15, -0.1) is 11.3 Å². The maximum atomic E-state index is 12.8. The van der Waals surface area contributed by atoms with E-state index in [4.69, 9.17) is 20.8 Å². The van der Waals surface area contributed by atoms with E-state index in [1.807, 2.05) is 0 Å². The van der Waals surface area contributed by atoms with Crippen LogP contribution in [0.15, 0.2) is 10.5 Å². The first-order valence-electron chi connectivity index (χ1n) is 8.68. The smallest absolute Gasteiger partial charge is 0.363 e. The minimum Gasteiger partial charge on any atom is -0.479 e. The first-order valence-corrected chi connectivity index (χ1v) is 9.56. The predicted molar refractivity (Wildman–Crippen MR) is 100 cm³/mol. The molecule has 176 valence electrons. The van der Waals surface area contributed by atoms with Crippen LogP contribution in [0.5, 0.6) is 0 Å².